The fraction of sp³-hybridized carbons (Fsp3) is 0.923. The number of carbonyl (C=O) groups excluding carboxylic acids is 2. The van der Waals surface area contributed by atoms with Gasteiger partial charge in [0.1, 0.15) is 0 Å². The van der Waals surface area contributed by atoms with E-state index in [1.165, 1.54) is 103 Å². The number of hydrogen-bond donors (Lipinski definition) is 4. The lowest BCUT2D eigenvalue weighted by Gasteiger charge is -2.07. The number of rotatable bonds is 25. The van der Waals surface area contributed by atoms with Crippen LogP contribution in [0, 0.1) is 0 Å². The van der Waals surface area contributed by atoms with E-state index in [1.54, 1.807) is 0 Å². The molecular formula is C26H55ClN4O2. The first-order valence-electron chi connectivity index (χ1n) is 13.6. The normalized spacial score (nSPS) is 10.6. The van der Waals surface area contributed by atoms with E-state index in [4.69, 9.17) is 5.73 Å². The molecule has 0 aliphatic rings. The molecule has 0 aromatic heterocycles. The summed E-state index contributed by atoms with van der Waals surface area (Å²) in [7, 11) is 0. The number of unbranched alkanes of at least 4 members (excludes halogenated alkanes) is 15. The second-order valence-corrected chi connectivity index (χ2v) is 9.07. The first-order chi connectivity index (χ1) is 15.7. The molecule has 0 aromatic rings. The second kappa shape index (κ2) is 29.2. The van der Waals surface area contributed by atoms with Crippen LogP contribution >= 0.6 is 12.4 Å². The van der Waals surface area contributed by atoms with Crippen molar-refractivity contribution in [1.82, 2.24) is 16.0 Å². The first-order valence-corrected chi connectivity index (χ1v) is 13.6. The molecular weight excluding hydrogens is 436 g/mol. The molecule has 0 heterocycles. The van der Waals surface area contributed by atoms with Gasteiger partial charge in [0, 0.05) is 19.5 Å². The van der Waals surface area contributed by atoms with E-state index in [2.05, 4.69) is 22.9 Å². The summed E-state index contributed by atoms with van der Waals surface area (Å²) in [5, 5.41) is 8.68. The third-order valence-corrected chi connectivity index (χ3v) is 5.89. The van der Waals surface area contributed by atoms with Gasteiger partial charge in [0.05, 0.1) is 6.54 Å². The predicted molar refractivity (Wildman–Crippen MR) is 144 cm³/mol. The Morgan fingerprint density at radius 2 is 1.06 bits per heavy atom. The highest BCUT2D eigenvalue weighted by molar-refractivity contribution is 5.85. The largest absolute Gasteiger partial charge is 0.355 e. The van der Waals surface area contributed by atoms with Crippen molar-refractivity contribution in [2.45, 2.75) is 122 Å². The number of carbonyl (C=O) groups is 2. The molecule has 6 nitrogen and oxygen atoms in total. The van der Waals surface area contributed by atoms with Crippen LogP contribution in [0.25, 0.3) is 0 Å². The zero-order chi connectivity index (χ0) is 23.5. The van der Waals surface area contributed by atoms with Crippen LogP contribution in [0.2, 0.25) is 0 Å². The fourth-order valence-corrected chi connectivity index (χ4v) is 3.78. The van der Waals surface area contributed by atoms with Crippen LogP contribution in [-0.4, -0.2) is 44.5 Å². The van der Waals surface area contributed by atoms with Crippen LogP contribution in [0.4, 0.5) is 0 Å². The van der Waals surface area contributed by atoms with Crippen molar-refractivity contribution in [2.24, 2.45) is 5.73 Å². The number of amides is 2. The van der Waals surface area contributed by atoms with Crippen LogP contribution in [0.3, 0.4) is 0 Å². The molecule has 2 amide bonds. The number of nitrogens with one attached hydrogen (secondary N) is 3. The van der Waals surface area contributed by atoms with Crippen molar-refractivity contribution < 1.29 is 9.59 Å². The van der Waals surface area contributed by atoms with E-state index < -0.39 is 0 Å². The highest BCUT2D eigenvalue weighted by Gasteiger charge is 2.04. The van der Waals surface area contributed by atoms with Crippen molar-refractivity contribution in [3.05, 3.63) is 0 Å². The maximum Gasteiger partial charge on any atom is 0.239 e. The third kappa shape index (κ3) is 29.1. The zero-order valence-electron chi connectivity index (χ0n) is 21.6. The monoisotopic (exact) mass is 490 g/mol. The van der Waals surface area contributed by atoms with Crippen LogP contribution in [0.15, 0.2) is 0 Å². The maximum atomic E-state index is 11.7. The molecule has 0 aliphatic carbocycles. The van der Waals surface area contributed by atoms with E-state index in [-0.39, 0.29) is 30.8 Å². The lowest BCUT2D eigenvalue weighted by atomic mass is 10.0. The minimum absolute atomic E-state index is 0. The predicted octanol–water partition coefficient (Wildman–Crippen LogP) is 5.23. The lowest BCUT2D eigenvalue weighted by molar-refractivity contribution is -0.126. The van der Waals surface area contributed by atoms with Gasteiger partial charge in [-0.1, -0.05) is 103 Å². The summed E-state index contributed by atoms with van der Waals surface area (Å²) in [6.45, 7) is 5.07. The Morgan fingerprint density at radius 3 is 1.55 bits per heavy atom. The van der Waals surface area contributed by atoms with Crippen LogP contribution in [0.1, 0.15) is 122 Å². The number of nitrogens with two attached hydrogens (primary N) is 1. The molecule has 7 heteroatoms. The average Bonchev–Trinajstić information content (AvgIpc) is 2.79. The summed E-state index contributed by atoms with van der Waals surface area (Å²) in [5.74, 6) is -0.244. The van der Waals surface area contributed by atoms with Gasteiger partial charge in [0.15, 0.2) is 0 Å². The van der Waals surface area contributed by atoms with Gasteiger partial charge in [-0.05, 0) is 25.9 Å². The summed E-state index contributed by atoms with van der Waals surface area (Å²) >= 11 is 0. The van der Waals surface area contributed by atoms with E-state index >= 15 is 0 Å². The molecule has 0 aromatic carbocycles. The molecule has 0 spiro atoms. The highest BCUT2D eigenvalue weighted by atomic mass is 35.5. The highest BCUT2D eigenvalue weighted by Crippen LogP contribution is 2.13. The van der Waals surface area contributed by atoms with E-state index in [0.29, 0.717) is 26.1 Å². The zero-order valence-corrected chi connectivity index (χ0v) is 22.4. The van der Waals surface area contributed by atoms with Crippen molar-refractivity contribution >= 4 is 24.2 Å². The quantitative estimate of drug-likeness (QED) is 0.132. The van der Waals surface area contributed by atoms with Gasteiger partial charge in [-0.3, -0.25) is 9.59 Å². The molecule has 0 unspecified atom stereocenters. The molecule has 33 heavy (non-hydrogen) atoms. The Balaban J connectivity index is 0. The van der Waals surface area contributed by atoms with E-state index in [1.807, 2.05) is 0 Å². The molecule has 0 aliphatic heterocycles. The van der Waals surface area contributed by atoms with E-state index in [0.717, 1.165) is 13.0 Å². The van der Waals surface area contributed by atoms with Crippen LogP contribution in [-0.2, 0) is 9.59 Å². The summed E-state index contributed by atoms with van der Waals surface area (Å²) in [5.41, 5.74) is 5.37. The topological polar surface area (TPSA) is 96.2 Å². The second-order valence-electron chi connectivity index (χ2n) is 9.07. The van der Waals surface area contributed by atoms with E-state index in [9.17, 15) is 9.59 Å². The molecule has 5 N–H and O–H groups in total. The Morgan fingerprint density at radius 1 is 0.576 bits per heavy atom. The summed E-state index contributed by atoms with van der Waals surface area (Å²) < 4.78 is 0. The SMILES string of the molecule is CCCCCCCCCCCCCCCCCCNCCC(=O)NCC(=O)NCCCN.Cl. The molecule has 0 saturated carbocycles. The van der Waals surface area contributed by atoms with Crippen molar-refractivity contribution in [3.8, 4) is 0 Å². The van der Waals surface area contributed by atoms with Gasteiger partial charge in [-0.25, -0.2) is 0 Å². The smallest absolute Gasteiger partial charge is 0.239 e. The molecule has 0 rings (SSSR count). The van der Waals surface area contributed by atoms with Gasteiger partial charge in [0.2, 0.25) is 11.8 Å². The van der Waals surface area contributed by atoms with Gasteiger partial charge in [-0.2, -0.15) is 0 Å². The van der Waals surface area contributed by atoms with Crippen molar-refractivity contribution in [1.29, 1.82) is 0 Å². The molecule has 0 saturated heterocycles. The lowest BCUT2D eigenvalue weighted by Crippen LogP contribution is -2.38. The van der Waals surface area contributed by atoms with Gasteiger partial charge in [0.25, 0.3) is 0 Å². The van der Waals surface area contributed by atoms with Crippen LogP contribution in [0.5, 0.6) is 0 Å². The molecule has 0 fully saturated rings. The van der Waals surface area contributed by atoms with Gasteiger partial charge >= 0.3 is 0 Å². The van der Waals surface area contributed by atoms with Crippen LogP contribution < -0.4 is 21.7 Å². The molecule has 0 bridgehead atoms. The summed E-state index contributed by atoms with van der Waals surface area (Å²) in [6.07, 6.45) is 23.3. The average molecular weight is 491 g/mol. The Labute approximate surface area is 210 Å². The Hall–Kier alpha value is -0.850. The first kappa shape index (κ1) is 34.3. The summed E-state index contributed by atoms with van der Waals surface area (Å²) in [6, 6.07) is 0. The van der Waals surface area contributed by atoms with Gasteiger partial charge in [-0.15, -0.1) is 12.4 Å². The molecule has 0 radical (unpaired) electrons. The van der Waals surface area contributed by atoms with Crippen molar-refractivity contribution in [3.63, 3.8) is 0 Å². The Bertz CT molecular complexity index is 425. The minimum atomic E-state index is -0.159. The third-order valence-electron chi connectivity index (χ3n) is 5.89. The summed E-state index contributed by atoms with van der Waals surface area (Å²) in [4.78, 5) is 23.2. The van der Waals surface area contributed by atoms with Gasteiger partial charge < -0.3 is 21.7 Å². The molecule has 198 valence electrons. The fourth-order valence-electron chi connectivity index (χ4n) is 3.78. The maximum absolute atomic E-state index is 11.7. The number of hydrogen-bond acceptors (Lipinski definition) is 4. The minimum Gasteiger partial charge on any atom is -0.355 e. The standard InChI is InChI=1S/C26H54N4O2.ClH/c1-2-3-4-5-6-7-8-9-10-11-12-13-14-15-16-17-21-28-23-19-25(31)30-24-26(32)29-22-18-20-27;/h28H,2-24,27H2,1H3,(H,29,32)(H,30,31);1H. The Kier molecular flexibility index (Phi) is 30.3. The van der Waals surface area contributed by atoms with Crippen molar-refractivity contribution in [2.75, 3.05) is 32.7 Å². The number of halogens is 1. The molecule has 0 atom stereocenters.